The van der Waals surface area contributed by atoms with Gasteiger partial charge in [-0.3, -0.25) is 29.6 Å². The highest BCUT2D eigenvalue weighted by atomic mass is 35.5. The molecular formula is C34H49ClFN7O. The van der Waals surface area contributed by atoms with Crippen molar-refractivity contribution in [2.45, 2.75) is 67.0 Å². The van der Waals surface area contributed by atoms with Crippen LogP contribution in [0.5, 0.6) is 0 Å². The van der Waals surface area contributed by atoms with Crippen molar-refractivity contribution in [1.29, 1.82) is 0 Å². The summed E-state index contributed by atoms with van der Waals surface area (Å²) in [7, 11) is 3.38. The normalized spacial score (nSPS) is 18.0. The lowest BCUT2D eigenvalue weighted by Gasteiger charge is -2.47. The molecule has 8 nitrogen and oxygen atoms in total. The molecule has 0 unspecified atom stereocenters. The number of allylic oxidation sites excluding steroid dienone is 6. The van der Waals surface area contributed by atoms with Gasteiger partial charge in [-0.2, -0.15) is 0 Å². The molecule has 240 valence electrons. The van der Waals surface area contributed by atoms with Gasteiger partial charge in [0.15, 0.2) is 5.82 Å². The molecule has 0 aliphatic carbocycles. The summed E-state index contributed by atoms with van der Waals surface area (Å²) in [6.07, 6.45) is 3.55. The second-order valence-corrected chi connectivity index (χ2v) is 12.8. The van der Waals surface area contributed by atoms with Crippen molar-refractivity contribution in [1.82, 2.24) is 14.8 Å². The van der Waals surface area contributed by atoms with Crippen molar-refractivity contribution in [3.8, 4) is 0 Å². The molecule has 44 heavy (non-hydrogen) atoms. The number of hydrogen-bond acceptors (Lipinski definition) is 6. The zero-order chi connectivity index (χ0) is 33.5. The Morgan fingerprint density at radius 1 is 1.18 bits per heavy atom. The Morgan fingerprint density at radius 3 is 2.23 bits per heavy atom. The first-order valence-electron chi connectivity index (χ1n) is 14.9. The molecule has 0 N–H and O–H groups in total. The van der Waals surface area contributed by atoms with Gasteiger partial charge < -0.3 is 4.90 Å². The number of anilines is 1. The van der Waals surface area contributed by atoms with E-state index in [0.717, 1.165) is 6.54 Å². The average molecular weight is 626 g/mol. The van der Waals surface area contributed by atoms with Crippen molar-refractivity contribution in [3.05, 3.63) is 64.9 Å². The molecule has 10 heteroatoms. The highest BCUT2D eigenvalue weighted by Crippen LogP contribution is 2.36. The maximum Gasteiger partial charge on any atom is 0.220 e. The number of piperazine rings is 1. The van der Waals surface area contributed by atoms with E-state index in [0.29, 0.717) is 48.0 Å². The first-order chi connectivity index (χ1) is 20.6. The monoisotopic (exact) mass is 625 g/mol. The van der Waals surface area contributed by atoms with Crippen LogP contribution in [0.25, 0.3) is 5.57 Å². The number of amidine groups is 1. The number of aromatic nitrogens is 1. The lowest BCUT2D eigenvalue weighted by Crippen LogP contribution is -2.59. The minimum atomic E-state index is -0.739. The number of aliphatic imine (C=N–C) groups is 3. The molecule has 1 amide bonds. The van der Waals surface area contributed by atoms with E-state index in [1.54, 1.807) is 20.2 Å². The molecule has 2 rings (SSSR count). The minimum absolute atomic E-state index is 0.00102. The van der Waals surface area contributed by atoms with Crippen LogP contribution in [0.4, 0.5) is 10.2 Å². The molecule has 0 saturated carbocycles. The lowest BCUT2D eigenvalue weighted by molar-refractivity contribution is -0.107. The third kappa shape index (κ3) is 7.99. The Bertz CT molecular complexity index is 1380. The largest absolute Gasteiger partial charge is 0.353 e. The lowest BCUT2D eigenvalue weighted by atomic mass is 9.97. The number of amides is 1. The molecule has 1 aliphatic rings. The third-order valence-corrected chi connectivity index (χ3v) is 7.88. The van der Waals surface area contributed by atoms with Crippen LogP contribution in [0.3, 0.4) is 0 Å². The fourth-order valence-corrected chi connectivity index (χ4v) is 6.02. The minimum Gasteiger partial charge on any atom is -0.353 e. The van der Waals surface area contributed by atoms with Crippen LogP contribution in [0.1, 0.15) is 66.6 Å². The Morgan fingerprint density at radius 2 is 1.82 bits per heavy atom. The number of carbonyl (C=O) groups is 1. The van der Waals surface area contributed by atoms with E-state index in [1.807, 2.05) is 27.7 Å². The summed E-state index contributed by atoms with van der Waals surface area (Å²) in [4.78, 5) is 37.8. The molecule has 2 heterocycles. The fraction of sp³-hybridized carbons (Fsp3) is 0.500. The molecular weight excluding hydrogens is 577 g/mol. The van der Waals surface area contributed by atoms with Crippen LogP contribution in [0, 0.1) is 11.8 Å². The van der Waals surface area contributed by atoms with E-state index in [9.17, 15) is 9.18 Å². The van der Waals surface area contributed by atoms with Gasteiger partial charge in [0.25, 0.3) is 0 Å². The second-order valence-electron chi connectivity index (χ2n) is 12.4. The van der Waals surface area contributed by atoms with Crippen LogP contribution in [0.15, 0.2) is 63.6 Å². The van der Waals surface area contributed by atoms with Crippen molar-refractivity contribution < 1.29 is 9.18 Å². The number of carbonyl (C=O) groups excluding carboxylic acids is 1. The van der Waals surface area contributed by atoms with Crippen LogP contribution in [0.2, 0.25) is 5.02 Å². The molecule has 1 fully saturated rings. The average Bonchev–Trinajstić information content (AvgIpc) is 2.93. The highest BCUT2D eigenvalue weighted by Gasteiger charge is 2.35. The predicted molar refractivity (Wildman–Crippen MR) is 186 cm³/mol. The summed E-state index contributed by atoms with van der Waals surface area (Å²) in [6.45, 7) is 29.9. The molecule has 0 aromatic carbocycles. The number of pyridine rings is 1. The zero-order valence-electron chi connectivity index (χ0n) is 28.1. The number of nitrogens with zero attached hydrogens (tertiary/aromatic N) is 7. The summed E-state index contributed by atoms with van der Waals surface area (Å²) in [5.74, 6) is -0.103. The fourth-order valence-electron chi connectivity index (χ4n) is 5.77. The van der Waals surface area contributed by atoms with E-state index < -0.39 is 5.83 Å². The Kier molecular flexibility index (Phi) is 13.0. The van der Waals surface area contributed by atoms with Gasteiger partial charge in [-0.05, 0) is 52.3 Å². The molecule has 1 aliphatic heterocycles. The first-order valence-corrected chi connectivity index (χ1v) is 15.3. The SMILES string of the molecule is C=C/C=C(\C(=C)F)c1nc(N(C=O)/C(C(=NC)C(C)C)=C(/N=C)C(C)C)c(C(=NC)N2CCN(C(C)(C)C)[C@@H](C)C2)cc1Cl. The molecule has 1 saturated heterocycles. The molecule has 0 spiro atoms. The van der Waals surface area contributed by atoms with Gasteiger partial charge in [0.05, 0.1) is 33.4 Å². The van der Waals surface area contributed by atoms with Gasteiger partial charge in [-0.15, -0.1) is 0 Å². The van der Waals surface area contributed by atoms with Crippen molar-refractivity contribution >= 4 is 47.7 Å². The molecule has 1 atom stereocenters. The highest BCUT2D eigenvalue weighted by molar-refractivity contribution is 6.33. The molecule has 0 radical (unpaired) electrons. The summed E-state index contributed by atoms with van der Waals surface area (Å²) in [6, 6.07) is 1.91. The van der Waals surface area contributed by atoms with Gasteiger partial charge in [0, 0.05) is 50.9 Å². The zero-order valence-corrected chi connectivity index (χ0v) is 28.8. The smallest absolute Gasteiger partial charge is 0.220 e. The predicted octanol–water partition coefficient (Wildman–Crippen LogP) is 7.23. The van der Waals surface area contributed by atoms with Gasteiger partial charge in [-0.25, -0.2) is 9.37 Å². The van der Waals surface area contributed by atoms with E-state index in [1.165, 1.54) is 17.1 Å². The van der Waals surface area contributed by atoms with Gasteiger partial charge >= 0.3 is 0 Å². The van der Waals surface area contributed by atoms with Gasteiger partial charge in [0.2, 0.25) is 6.41 Å². The summed E-state index contributed by atoms with van der Waals surface area (Å²) >= 11 is 6.84. The maximum atomic E-state index is 14.8. The quantitative estimate of drug-likeness (QED) is 0.113. The van der Waals surface area contributed by atoms with Crippen LogP contribution in [-0.2, 0) is 4.79 Å². The van der Waals surface area contributed by atoms with Crippen molar-refractivity contribution in [2.75, 3.05) is 38.6 Å². The van der Waals surface area contributed by atoms with E-state index in [2.05, 4.69) is 67.4 Å². The Balaban J connectivity index is 3.03. The number of halogens is 2. The Labute approximate surface area is 268 Å². The first kappa shape index (κ1) is 36.8. The summed E-state index contributed by atoms with van der Waals surface area (Å²) < 4.78 is 14.8. The topological polar surface area (TPSA) is 76.8 Å². The maximum absolute atomic E-state index is 14.8. The van der Waals surface area contributed by atoms with Gasteiger partial charge in [-0.1, -0.05) is 64.6 Å². The molecule has 1 aromatic rings. The third-order valence-electron chi connectivity index (χ3n) is 7.59. The standard InChI is InChI=1S/C34H49ClFN7O/c1-14-15-25(24(7)36)30-27(35)18-26(32(39-13)41-16-17-43(23(6)19-41)34(8,9)10)33(40-30)42(20-44)31(28(37-11)21(2)3)29(38-12)22(4)5/h14-15,18,20-23H,1,7,11,16-17,19H2,2-6,8-10,12-13H3/b25-15+,31-28+,38-29?,39-32?/t23-/m0/s1. The van der Waals surface area contributed by atoms with E-state index in [4.69, 9.17) is 21.6 Å². The van der Waals surface area contributed by atoms with Crippen molar-refractivity contribution in [2.24, 2.45) is 26.8 Å². The summed E-state index contributed by atoms with van der Waals surface area (Å²) in [5, 5.41) is 0.175. The second kappa shape index (κ2) is 15.5. The van der Waals surface area contributed by atoms with Crippen LogP contribution >= 0.6 is 11.6 Å². The number of rotatable bonds is 11. The van der Waals surface area contributed by atoms with E-state index in [-0.39, 0.29) is 45.5 Å². The number of hydrogen-bond donors (Lipinski definition) is 0. The summed E-state index contributed by atoms with van der Waals surface area (Å²) in [5.41, 5.74) is 2.33. The van der Waals surface area contributed by atoms with Crippen LogP contribution in [-0.4, -0.2) is 84.8 Å². The van der Waals surface area contributed by atoms with E-state index >= 15 is 0 Å². The molecule has 0 bridgehead atoms. The van der Waals surface area contributed by atoms with Crippen LogP contribution < -0.4 is 4.90 Å². The molecule has 1 aromatic heterocycles. The Hall–Kier alpha value is -3.43. The van der Waals surface area contributed by atoms with Crippen molar-refractivity contribution in [3.63, 3.8) is 0 Å². The van der Waals surface area contributed by atoms with Gasteiger partial charge in [0.1, 0.15) is 11.7 Å².